The van der Waals surface area contributed by atoms with Gasteiger partial charge in [0.05, 0.1) is 0 Å². The number of fused-ring (bicyclic) bond motifs is 1. The third kappa shape index (κ3) is 7.08. The van der Waals surface area contributed by atoms with Gasteiger partial charge >= 0.3 is 17.9 Å². The van der Waals surface area contributed by atoms with Crippen LogP contribution in [0.5, 0.6) is 0 Å². The second-order valence-corrected chi connectivity index (χ2v) is 13.4. The minimum Gasteiger partial charge on any atom is -0.481 e. The number of hydrogen-bond acceptors (Lipinski definition) is 12. The summed E-state index contributed by atoms with van der Waals surface area (Å²) >= 11 is 3.53. The van der Waals surface area contributed by atoms with Crippen molar-refractivity contribution in [1.82, 2.24) is 15.2 Å². The van der Waals surface area contributed by atoms with Crippen LogP contribution in [0.3, 0.4) is 0 Å². The van der Waals surface area contributed by atoms with Gasteiger partial charge in [-0.25, -0.2) is 14.6 Å². The Labute approximate surface area is 273 Å². The summed E-state index contributed by atoms with van der Waals surface area (Å²) in [5.41, 5.74) is 4.40. The van der Waals surface area contributed by atoms with Crippen molar-refractivity contribution < 1.29 is 48.7 Å². The molecule has 6 N–H and O–H groups in total. The molecular formula is C28H27N6O9S3+. The Morgan fingerprint density at radius 1 is 1.17 bits per heavy atom. The molecule has 4 atom stereocenters. The number of carbonyl (C=O) groups is 5. The Morgan fingerprint density at radius 3 is 2.50 bits per heavy atom. The fourth-order valence-corrected chi connectivity index (χ4v) is 8.01. The van der Waals surface area contributed by atoms with Crippen LogP contribution in [0.1, 0.15) is 17.4 Å². The van der Waals surface area contributed by atoms with Crippen molar-refractivity contribution in [3.8, 4) is 0 Å². The molecule has 3 aromatic rings. The van der Waals surface area contributed by atoms with Gasteiger partial charge in [-0.15, -0.1) is 34.9 Å². The number of benzene rings is 1. The first-order valence-electron chi connectivity index (χ1n) is 13.5. The lowest BCUT2D eigenvalue weighted by Gasteiger charge is -2.53. The van der Waals surface area contributed by atoms with E-state index in [0.717, 1.165) is 16.2 Å². The Bertz CT molecular complexity index is 1690. The number of carbonyl (C=O) groups excluding carboxylic acids is 2. The molecule has 0 saturated carbocycles. The molecule has 2 aliphatic rings. The zero-order valence-corrected chi connectivity index (χ0v) is 26.2. The number of nitrogens with one attached hydrogen (secondary N) is 1. The van der Waals surface area contributed by atoms with E-state index >= 15 is 0 Å². The number of β-lactam (4-membered cyclic amide) rings is 1. The van der Waals surface area contributed by atoms with Crippen LogP contribution in [0.2, 0.25) is 0 Å². The molecule has 3 unspecified atom stereocenters. The van der Waals surface area contributed by atoms with Crippen molar-refractivity contribution in [1.29, 1.82) is 0 Å². The number of aliphatic carboxylic acids is 3. The minimum absolute atomic E-state index is 0.0217. The van der Waals surface area contributed by atoms with Crippen molar-refractivity contribution >= 4 is 75.4 Å². The Kier molecular flexibility index (Phi) is 9.78. The van der Waals surface area contributed by atoms with E-state index in [1.165, 1.54) is 50.5 Å². The summed E-state index contributed by atoms with van der Waals surface area (Å²) in [6.07, 6.45) is 1.65. The fourth-order valence-electron chi connectivity index (χ4n) is 4.72. The number of thiazole rings is 1. The molecule has 2 aliphatic heterocycles. The van der Waals surface area contributed by atoms with E-state index in [1.807, 2.05) is 0 Å². The Balaban J connectivity index is 1.26. The highest BCUT2D eigenvalue weighted by Crippen LogP contribution is 2.44. The molecule has 0 spiro atoms. The molecule has 18 heteroatoms. The zero-order chi connectivity index (χ0) is 33.0. The number of carboxylic acid groups (broad SMARTS) is 3. The van der Waals surface area contributed by atoms with E-state index in [2.05, 4.69) is 15.5 Å². The van der Waals surface area contributed by atoms with Gasteiger partial charge < -0.3 is 36.1 Å². The zero-order valence-electron chi connectivity index (χ0n) is 23.7. The van der Waals surface area contributed by atoms with E-state index in [-0.39, 0.29) is 46.7 Å². The molecule has 2 saturated heterocycles. The number of nitrogens with two attached hydrogens (primary N) is 1. The average Bonchev–Trinajstić information content (AvgIpc) is 3.46. The normalized spacial score (nSPS) is 21.4. The summed E-state index contributed by atoms with van der Waals surface area (Å²) < 4.78 is 1.48. The van der Waals surface area contributed by atoms with Gasteiger partial charge in [-0.05, 0) is 0 Å². The smallest absolute Gasteiger partial charge is 0.370 e. The van der Waals surface area contributed by atoms with Crippen LogP contribution in [0.15, 0.2) is 70.3 Å². The first-order chi connectivity index (χ1) is 22.0. The predicted octanol–water partition coefficient (Wildman–Crippen LogP) is 0.907. The SMILES string of the molecule is Nc1nc(C(=NOC(C(=O)O)c2ccccc2)C(=O)NC2C(=O)N3CC(CSc4cc[n+](CC(=O)O)cc4)(C(=O)O)CS[C@H]23)cs1. The van der Waals surface area contributed by atoms with Crippen molar-refractivity contribution in [2.24, 2.45) is 10.6 Å². The summed E-state index contributed by atoms with van der Waals surface area (Å²) in [7, 11) is 0. The molecule has 0 aliphatic carbocycles. The molecule has 0 bridgehead atoms. The van der Waals surface area contributed by atoms with Crippen LogP contribution >= 0.6 is 34.9 Å². The Hall–Kier alpha value is -4.68. The van der Waals surface area contributed by atoms with Gasteiger partial charge in [-0.3, -0.25) is 14.4 Å². The maximum atomic E-state index is 13.4. The quantitative estimate of drug-likeness (QED) is 0.0554. The number of amides is 2. The first kappa shape index (κ1) is 32.7. The van der Waals surface area contributed by atoms with Crippen molar-refractivity contribution in [3.05, 3.63) is 71.5 Å². The molecule has 2 amide bonds. The molecule has 2 aromatic heterocycles. The van der Waals surface area contributed by atoms with Crippen LogP contribution in [0.25, 0.3) is 0 Å². The van der Waals surface area contributed by atoms with Gasteiger partial charge in [0, 0.05) is 46.0 Å². The number of hydrogen-bond donors (Lipinski definition) is 5. The van der Waals surface area contributed by atoms with Gasteiger partial charge in [0.2, 0.25) is 18.6 Å². The van der Waals surface area contributed by atoms with E-state index in [1.54, 1.807) is 42.7 Å². The van der Waals surface area contributed by atoms with Gasteiger partial charge in [-0.1, -0.05) is 35.5 Å². The molecule has 240 valence electrons. The maximum absolute atomic E-state index is 13.4. The summed E-state index contributed by atoms with van der Waals surface area (Å²) in [5.74, 6) is -4.43. The molecule has 1 aromatic carbocycles. The maximum Gasteiger partial charge on any atom is 0.370 e. The summed E-state index contributed by atoms with van der Waals surface area (Å²) in [5, 5.41) is 36.3. The standard InChI is InChI=1S/C28H26N6O9S3/c29-27-30-17(11-44-27)19(32-43-21(25(39)40)15-4-2-1-3-5-15)22(37)31-20-23(38)34-12-28(26(41)42,14-46-24(20)34)13-45-16-6-8-33(9-7-16)10-18(35)36/h1-9,11,20-21,24H,10,12-14H2,(H5-,29,30,31,35,36,37,39,40,41,42)/p+1/t20?,21?,24-,28?/m1/s1. The number of aromatic nitrogens is 2. The summed E-state index contributed by atoms with van der Waals surface area (Å²) in [4.78, 5) is 73.4. The fraction of sp³-hybridized carbons (Fsp3) is 0.286. The molecule has 2 fully saturated rings. The van der Waals surface area contributed by atoms with E-state index < -0.39 is 52.7 Å². The number of thioether (sulfide) groups is 2. The Morgan fingerprint density at radius 2 is 1.89 bits per heavy atom. The second kappa shape index (κ2) is 13.8. The average molecular weight is 688 g/mol. The van der Waals surface area contributed by atoms with Gasteiger partial charge in [-0.2, -0.15) is 4.57 Å². The van der Waals surface area contributed by atoms with Crippen LogP contribution in [-0.2, 0) is 35.4 Å². The van der Waals surface area contributed by atoms with Crippen molar-refractivity contribution in [2.45, 2.75) is 29.0 Å². The number of anilines is 1. The predicted molar refractivity (Wildman–Crippen MR) is 166 cm³/mol. The minimum atomic E-state index is -1.53. The van der Waals surface area contributed by atoms with Crippen LogP contribution in [-0.4, -0.2) is 90.1 Å². The van der Waals surface area contributed by atoms with E-state index in [4.69, 9.17) is 15.7 Å². The molecular weight excluding hydrogens is 661 g/mol. The van der Waals surface area contributed by atoms with Crippen LogP contribution < -0.4 is 15.6 Å². The monoisotopic (exact) mass is 687 g/mol. The van der Waals surface area contributed by atoms with Crippen LogP contribution in [0.4, 0.5) is 5.13 Å². The van der Waals surface area contributed by atoms with Crippen LogP contribution in [0, 0.1) is 5.41 Å². The summed E-state index contributed by atoms with van der Waals surface area (Å²) in [6.45, 7) is -0.278. The number of pyridine rings is 1. The highest BCUT2D eigenvalue weighted by Gasteiger charge is 2.57. The third-order valence-electron chi connectivity index (χ3n) is 7.13. The molecule has 15 nitrogen and oxygen atoms in total. The first-order valence-corrected chi connectivity index (χ1v) is 16.4. The number of carboxylic acids is 3. The summed E-state index contributed by atoms with van der Waals surface area (Å²) in [6, 6.07) is 10.4. The number of nitrogens with zero attached hydrogens (tertiary/aromatic N) is 4. The molecule has 5 rings (SSSR count). The lowest BCUT2D eigenvalue weighted by molar-refractivity contribution is -0.686. The van der Waals surface area contributed by atoms with Gasteiger partial charge in [0.1, 0.15) is 22.5 Å². The number of nitrogen functional groups attached to an aromatic ring is 1. The number of oxime groups is 1. The molecule has 46 heavy (non-hydrogen) atoms. The van der Waals surface area contributed by atoms with E-state index in [0.29, 0.717) is 0 Å². The van der Waals surface area contributed by atoms with Gasteiger partial charge in [0.25, 0.3) is 5.91 Å². The molecule has 4 heterocycles. The highest BCUT2D eigenvalue weighted by molar-refractivity contribution is 8.00. The van der Waals surface area contributed by atoms with Crippen molar-refractivity contribution in [3.63, 3.8) is 0 Å². The van der Waals surface area contributed by atoms with Crippen molar-refractivity contribution in [2.75, 3.05) is 23.8 Å². The van der Waals surface area contributed by atoms with Gasteiger partial charge in [0.15, 0.2) is 23.2 Å². The highest BCUT2D eigenvalue weighted by atomic mass is 32.2. The number of rotatable bonds is 13. The lowest BCUT2D eigenvalue weighted by Crippen LogP contribution is -2.74. The topological polar surface area (TPSA) is 226 Å². The molecule has 0 radical (unpaired) electrons. The van der Waals surface area contributed by atoms with E-state index in [9.17, 15) is 34.2 Å². The second-order valence-electron chi connectivity index (χ2n) is 10.3. The third-order valence-corrected chi connectivity index (χ3v) is 10.7. The largest absolute Gasteiger partial charge is 0.481 e. The lowest BCUT2D eigenvalue weighted by atomic mass is 9.89.